The second kappa shape index (κ2) is 9.55. The van der Waals surface area contributed by atoms with Crippen LogP contribution in [0.5, 0.6) is 11.5 Å². The van der Waals surface area contributed by atoms with E-state index in [9.17, 15) is 4.79 Å². The Kier molecular flexibility index (Phi) is 7.41. The van der Waals surface area contributed by atoms with Gasteiger partial charge in [0.15, 0.2) is 11.5 Å². The van der Waals surface area contributed by atoms with Gasteiger partial charge in [0.25, 0.3) is 0 Å². The highest BCUT2D eigenvalue weighted by atomic mass is 16.5. The topological polar surface area (TPSA) is 47.6 Å². The number of rotatable bonds is 9. The van der Waals surface area contributed by atoms with E-state index in [1.165, 1.54) is 32.1 Å². The van der Waals surface area contributed by atoms with Gasteiger partial charge in [-0.3, -0.25) is 4.79 Å². The van der Waals surface area contributed by atoms with Crippen molar-refractivity contribution in [3.63, 3.8) is 0 Å². The summed E-state index contributed by atoms with van der Waals surface area (Å²) in [6, 6.07) is 6.18. The van der Waals surface area contributed by atoms with Crippen LogP contribution in [-0.2, 0) is 11.2 Å². The van der Waals surface area contributed by atoms with Crippen LogP contribution in [0, 0.1) is 5.92 Å². The molecule has 0 heterocycles. The fourth-order valence-corrected chi connectivity index (χ4v) is 3.72. The molecule has 1 aliphatic rings. The first-order chi connectivity index (χ1) is 11.7. The molecule has 1 N–H and O–H groups in total. The van der Waals surface area contributed by atoms with Gasteiger partial charge in [0.1, 0.15) is 0 Å². The fraction of sp³-hybridized carbons (Fsp3) is 0.650. The minimum absolute atomic E-state index is 0.147. The van der Waals surface area contributed by atoms with E-state index in [4.69, 9.17) is 9.47 Å². The lowest BCUT2D eigenvalue weighted by Crippen LogP contribution is -2.37. The molecular weight excluding hydrogens is 302 g/mol. The molecule has 2 unspecified atom stereocenters. The number of aryl methyl sites for hydroxylation is 1. The summed E-state index contributed by atoms with van der Waals surface area (Å²) in [5.74, 6) is 2.26. The average molecular weight is 333 g/mol. The fourth-order valence-electron chi connectivity index (χ4n) is 3.72. The van der Waals surface area contributed by atoms with Crippen LogP contribution in [0.15, 0.2) is 18.2 Å². The molecule has 2 atom stereocenters. The standard InChI is InChI=1S/C20H31NO3/c1-4-5-8-15-9-6-11-17(15)21-19(22)14-13-16-10-7-12-18(23-2)20(16)24-3/h7,10,12,15,17H,4-6,8-9,11,13-14H2,1-3H3,(H,21,22). The number of hydrogen-bond acceptors (Lipinski definition) is 3. The van der Waals surface area contributed by atoms with Gasteiger partial charge in [-0.2, -0.15) is 0 Å². The zero-order valence-electron chi connectivity index (χ0n) is 15.3. The third-order valence-electron chi connectivity index (χ3n) is 5.04. The molecule has 24 heavy (non-hydrogen) atoms. The summed E-state index contributed by atoms with van der Waals surface area (Å²) in [7, 11) is 3.27. The van der Waals surface area contributed by atoms with Gasteiger partial charge in [0, 0.05) is 12.5 Å². The molecule has 1 amide bonds. The number of benzene rings is 1. The molecule has 1 fully saturated rings. The summed E-state index contributed by atoms with van der Waals surface area (Å²) in [6.07, 6.45) is 8.51. The van der Waals surface area contributed by atoms with Crippen molar-refractivity contribution in [1.82, 2.24) is 5.32 Å². The number of carbonyl (C=O) groups is 1. The zero-order valence-corrected chi connectivity index (χ0v) is 15.3. The Bertz CT molecular complexity index is 530. The molecule has 0 aliphatic heterocycles. The first-order valence-electron chi connectivity index (χ1n) is 9.18. The molecule has 1 saturated carbocycles. The molecule has 1 aliphatic carbocycles. The Morgan fingerprint density at radius 3 is 2.79 bits per heavy atom. The lowest BCUT2D eigenvalue weighted by molar-refractivity contribution is -0.122. The number of methoxy groups -OCH3 is 2. The molecule has 0 bridgehead atoms. The van der Waals surface area contributed by atoms with Crippen LogP contribution in [0.1, 0.15) is 57.4 Å². The lowest BCUT2D eigenvalue weighted by Gasteiger charge is -2.21. The lowest BCUT2D eigenvalue weighted by atomic mass is 9.96. The van der Waals surface area contributed by atoms with Crippen LogP contribution >= 0.6 is 0 Å². The molecule has 2 rings (SSSR count). The summed E-state index contributed by atoms with van der Waals surface area (Å²) < 4.78 is 10.8. The summed E-state index contributed by atoms with van der Waals surface area (Å²) in [6.45, 7) is 2.23. The number of unbranched alkanes of at least 4 members (excludes halogenated alkanes) is 1. The van der Waals surface area contributed by atoms with E-state index in [1.54, 1.807) is 14.2 Å². The van der Waals surface area contributed by atoms with Crippen molar-refractivity contribution in [3.05, 3.63) is 23.8 Å². The van der Waals surface area contributed by atoms with Crippen LogP contribution in [0.2, 0.25) is 0 Å². The van der Waals surface area contributed by atoms with Gasteiger partial charge in [-0.05, 0) is 43.2 Å². The van der Waals surface area contributed by atoms with E-state index in [1.807, 2.05) is 18.2 Å². The predicted molar refractivity (Wildman–Crippen MR) is 96.7 cm³/mol. The van der Waals surface area contributed by atoms with Gasteiger partial charge in [0.2, 0.25) is 5.91 Å². The second-order valence-electron chi connectivity index (χ2n) is 6.66. The summed E-state index contributed by atoms with van der Waals surface area (Å²) in [5.41, 5.74) is 1.01. The molecule has 4 heteroatoms. The first kappa shape index (κ1) is 18.6. The minimum atomic E-state index is 0.147. The zero-order chi connectivity index (χ0) is 17.4. The largest absolute Gasteiger partial charge is 0.493 e. The van der Waals surface area contributed by atoms with Crippen LogP contribution in [-0.4, -0.2) is 26.2 Å². The highest BCUT2D eigenvalue weighted by molar-refractivity contribution is 5.76. The maximum absolute atomic E-state index is 12.4. The third kappa shape index (κ3) is 4.89. The normalized spacial score (nSPS) is 20.0. The highest BCUT2D eigenvalue weighted by Gasteiger charge is 2.27. The quantitative estimate of drug-likeness (QED) is 0.740. The third-order valence-corrected chi connectivity index (χ3v) is 5.04. The van der Waals surface area contributed by atoms with Gasteiger partial charge >= 0.3 is 0 Å². The molecule has 0 saturated heterocycles. The molecule has 1 aromatic carbocycles. The average Bonchev–Trinajstić information content (AvgIpc) is 3.04. The van der Waals surface area contributed by atoms with Crippen molar-refractivity contribution < 1.29 is 14.3 Å². The van der Waals surface area contributed by atoms with Crippen molar-refractivity contribution in [2.45, 2.75) is 64.3 Å². The number of amides is 1. The summed E-state index contributed by atoms with van der Waals surface area (Å²) in [5, 5.41) is 3.26. The Morgan fingerprint density at radius 1 is 1.25 bits per heavy atom. The Hall–Kier alpha value is -1.71. The maximum Gasteiger partial charge on any atom is 0.220 e. The maximum atomic E-state index is 12.4. The summed E-state index contributed by atoms with van der Waals surface area (Å²) in [4.78, 5) is 12.4. The monoisotopic (exact) mass is 333 g/mol. The smallest absolute Gasteiger partial charge is 0.220 e. The van der Waals surface area contributed by atoms with E-state index in [-0.39, 0.29) is 5.91 Å². The van der Waals surface area contributed by atoms with E-state index in [0.29, 0.717) is 30.6 Å². The molecule has 0 aromatic heterocycles. The molecule has 0 radical (unpaired) electrons. The predicted octanol–water partition coefficient (Wildman–Crippen LogP) is 4.11. The minimum Gasteiger partial charge on any atom is -0.493 e. The van der Waals surface area contributed by atoms with Crippen LogP contribution in [0.3, 0.4) is 0 Å². The van der Waals surface area contributed by atoms with E-state index >= 15 is 0 Å². The molecule has 0 spiro atoms. The van der Waals surface area contributed by atoms with Gasteiger partial charge < -0.3 is 14.8 Å². The van der Waals surface area contributed by atoms with Crippen LogP contribution in [0.4, 0.5) is 0 Å². The molecular formula is C20H31NO3. The highest BCUT2D eigenvalue weighted by Crippen LogP contribution is 2.32. The van der Waals surface area contributed by atoms with Crippen LogP contribution < -0.4 is 14.8 Å². The van der Waals surface area contributed by atoms with Crippen molar-refractivity contribution >= 4 is 5.91 Å². The molecule has 134 valence electrons. The van der Waals surface area contributed by atoms with Crippen molar-refractivity contribution in [1.29, 1.82) is 0 Å². The number of nitrogens with one attached hydrogen (secondary N) is 1. The number of hydrogen-bond donors (Lipinski definition) is 1. The Balaban J connectivity index is 1.87. The van der Waals surface area contributed by atoms with Crippen molar-refractivity contribution in [2.24, 2.45) is 5.92 Å². The van der Waals surface area contributed by atoms with Crippen molar-refractivity contribution in [3.8, 4) is 11.5 Å². The van der Waals surface area contributed by atoms with Crippen LogP contribution in [0.25, 0.3) is 0 Å². The van der Waals surface area contributed by atoms with Gasteiger partial charge in [-0.15, -0.1) is 0 Å². The molecule has 4 nitrogen and oxygen atoms in total. The van der Waals surface area contributed by atoms with Gasteiger partial charge in [0.05, 0.1) is 14.2 Å². The number of carbonyl (C=O) groups excluding carboxylic acids is 1. The second-order valence-corrected chi connectivity index (χ2v) is 6.66. The Morgan fingerprint density at radius 2 is 2.08 bits per heavy atom. The van der Waals surface area contributed by atoms with Gasteiger partial charge in [-0.25, -0.2) is 0 Å². The van der Waals surface area contributed by atoms with E-state index in [0.717, 1.165) is 17.7 Å². The van der Waals surface area contributed by atoms with Gasteiger partial charge in [-0.1, -0.05) is 38.3 Å². The molecule has 1 aromatic rings. The van der Waals surface area contributed by atoms with E-state index in [2.05, 4.69) is 12.2 Å². The number of ether oxygens (including phenoxy) is 2. The Labute approximate surface area is 145 Å². The number of para-hydroxylation sites is 1. The van der Waals surface area contributed by atoms with E-state index < -0.39 is 0 Å². The summed E-state index contributed by atoms with van der Waals surface area (Å²) >= 11 is 0. The van der Waals surface area contributed by atoms with Crippen molar-refractivity contribution in [2.75, 3.05) is 14.2 Å². The SMILES string of the molecule is CCCCC1CCCC1NC(=O)CCc1cccc(OC)c1OC. The first-order valence-corrected chi connectivity index (χ1v) is 9.18.